The fourth-order valence-electron chi connectivity index (χ4n) is 1.72. The van der Waals surface area contributed by atoms with Gasteiger partial charge in [0.1, 0.15) is 0 Å². The second-order valence-electron chi connectivity index (χ2n) is 3.90. The molecule has 1 aliphatic rings. The first-order valence-corrected chi connectivity index (χ1v) is 7.80. The van der Waals surface area contributed by atoms with Crippen LogP contribution in [0.1, 0.15) is 5.56 Å². The van der Waals surface area contributed by atoms with Crippen molar-refractivity contribution in [3.63, 3.8) is 0 Å². The molecule has 1 aromatic rings. The molecule has 1 saturated heterocycles. The summed E-state index contributed by atoms with van der Waals surface area (Å²) in [6, 6.07) is 8.07. The summed E-state index contributed by atoms with van der Waals surface area (Å²) in [5.74, 6) is 3.89. The summed E-state index contributed by atoms with van der Waals surface area (Å²) in [7, 11) is 0. The van der Waals surface area contributed by atoms with E-state index in [1.807, 2.05) is 18.2 Å². The van der Waals surface area contributed by atoms with Crippen molar-refractivity contribution in [3.05, 3.63) is 29.8 Å². The van der Waals surface area contributed by atoms with Gasteiger partial charge in [0.15, 0.2) is 0 Å². The Labute approximate surface area is 106 Å². The molecule has 3 N–H and O–H groups in total. The maximum atomic E-state index is 5.89. The maximum Gasteiger partial charge on any atom is 0.0359 e. The van der Waals surface area contributed by atoms with E-state index in [-0.39, 0.29) is 0 Å². The lowest BCUT2D eigenvalue weighted by Gasteiger charge is -2.21. The van der Waals surface area contributed by atoms with Gasteiger partial charge in [0, 0.05) is 41.3 Å². The van der Waals surface area contributed by atoms with E-state index in [0.717, 1.165) is 24.0 Å². The largest absolute Gasteiger partial charge is 0.398 e. The van der Waals surface area contributed by atoms with Crippen LogP contribution in [-0.4, -0.2) is 29.1 Å². The summed E-state index contributed by atoms with van der Waals surface area (Å²) >= 11 is 4.15. The summed E-state index contributed by atoms with van der Waals surface area (Å²) in [5, 5.41) is 4.27. The molecule has 0 saturated carbocycles. The lowest BCUT2D eigenvalue weighted by Crippen LogP contribution is -2.28. The monoisotopic (exact) mass is 254 g/mol. The molecule has 0 spiro atoms. The van der Waals surface area contributed by atoms with Crippen molar-refractivity contribution in [3.8, 4) is 0 Å². The Bertz CT molecular complexity index is 325. The van der Waals surface area contributed by atoms with Crippen LogP contribution in [0.5, 0.6) is 0 Å². The molecule has 1 atom stereocenters. The SMILES string of the molecule is Nc1ccccc1CNCC1CSCCS1. The highest BCUT2D eigenvalue weighted by Crippen LogP contribution is 2.23. The minimum Gasteiger partial charge on any atom is -0.398 e. The van der Waals surface area contributed by atoms with Crippen molar-refractivity contribution in [1.29, 1.82) is 0 Å². The number of nitrogen functional groups attached to an aromatic ring is 1. The summed E-state index contributed by atoms with van der Waals surface area (Å²) in [4.78, 5) is 0. The van der Waals surface area contributed by atoms with Gasteiger partial charge in [-0.1, -0.05) is 18.2 Å². The van der Waals surface area contributed by atoms with E-state index in [4.69, 9.17) is 5.73 Å². The van der Waals surface area contributed by atoms with Gasteiger partial charge in [-0.3, -0.25) is 0 Å². The lowest BCUT2D eigenvalue weighted by molar-refractivity contribution is 0.687. The smallest absolute Gasteiger partial charge is 0.0359 e. The molecule has 1 aliphatic heterocycles. The van der Waals surface area contributed by atoms with Crippen molar-refractivity contribution in [2.45, 2.75) is 11.8 Å². The fourth-order valence-corrected chi connectivity index (χ4v) is 4.36. The van der Waals surface area contributed by atoms with Gasteiger partial charge in [-0.25, -0.2) is 0 Å². The number of hydrogen-bond acceptors (Lipinski definition) is 4. The standard InChI is InChI=1S/C12H18N2S2/c13-12-4-2-1-3-10(12)7-14-8-11-9-15-5-6-16-11/h1-4,11,14H,5-9,13H2. The van der Waals surface area contributed by atoms with Crippen LogP contribution >= 0.6 is 23.5 Å². The van der Waals surface area contributed by atoms with Crippen LogP contribution in [0.2, 0.25) is 0 Å². The van der Waals surface area contributed by atoms with Crippen molar-refractivity contribution < 1.29 is 0 Å². The molecular weight excluding hydrogens is 236 g/mol. The molecule has 2 rings (SSSR count). The first-order chi connectivity index (χ1) is 7.86. The second-order valence-corrected chi connectivity index (χ2v) is 6.46. The van der Waals surface area contributed by atoms with Gasteiger partial charge < -0.3 is 11.1 Å². The van der Waals surface area contributed by atoms with Gasteiger partial charge >= 0.3 is 0 Å². The van der Waals surface area contributed by atoms with Crippen LogP contribution in [0, 0.1) is 0 Å². The van der Waals surface area contributed by atoms with E-state index in [2.05, 4.69) is 34.9 Å². The Kier molecular flexibility index (Phi) is 4.88. The first-order valence-electron chi connectivity index (χ1n) is 5.59. The third kappa shape index (κ3) is 3.61. The highest BCUT2D eigenvalue weighted by molar-refractivity contribution is 8.06. The Hall–Kier alpha value is -0.320. The first kappa shape index (κ1) is 12.1. The zero-order valence-electron chi connectivity index (χ0n) is 9.32. The predicted molar refractivity (Wildman–Crippen MR) is 76.1 cm³/mol. The van der Waals surface area contributed by atoms with E-state index in [1.165, 1.54) is 22.8 Å². The van der Waals surface area contributed by atoms with E-state index >= 15 is 0 Å². The van der Waals surface area contributed by atoms with Crippen molar-refractivity contribution in [1.82, 2.24) is 5.32 Å². The van der Waals surface area contributed by atoms with Gasteiger partial charge in [-0.2, -0.15) is 23.5 Å². The van der Waals surface area contributed by atoms with Crippen LogP contribution in [-0.2, 0) is 6.54 Å². The van der Waals surface area contributed by atoms with E-state index in [0.29, 0.717) is 0 Å². The zero-order valence-corrected chi connectivity index (χ0v) is 10.9. The van der Waals surface area contributed by atoms with Crippen LogP contribution < -0.4 is 11.1 Å². The Balaban J connectivity index is 1.73. The molecule has 1 aromatic carbocycles. The van der Waals surface area contributed by atoms with Crippen LogP contribution in [0.4, 0.5) is 5.69 Å². The van der Waals surface area contributed by atoms with Gasteiger partial charge in [0.25, 0.3) is 0 Å². The number of nitrogens with one attached hydrogen (secondary N) is 1. The molecule has 1 fully saturated rings. The number of anilines is 1. The van der Waals surface area contributed by atoms with E-state index < -0.39 is 0 Å². The van der Waals surface area contributed by atoms with Gasteiger partial charge in [0.2, 0.25) is 0 Å². The van der Waals surface area contributed by atoms with Crippen molar-refractivity contribution in [2.24, 2.45) is 0 Å². The molecule has 16 heavy (non-hydrogen) atoms. The van der Waals surface area contributed by atoms with E-state index in [9.17, 15) is 0 Å². The molecule has 0 aromatic heterocycles. The van der Waals surface area contributed by atoms with E-state index in [1.54, 1.807) is 0 Å². The molecule has 88 valence electrons. The van der Waals surface area contributed by atoms with Crippen LogP contribution in [0.3, 0.4) is 0 Å². The third-order valence-corrected chi connectivity index (χ3v) is 5.47. The molecule has 0 aliphatic carbocycles. The molecule has 0 amide bonds. The van der Waals surface area contributed by atoms with Crippen molar-refractivity contribution in [2.75, 3.05) is 29.5 Å². The number of nitrogens with two attached hydrogens (primary N) is 1. The summed E-state index contributed by atoms with van der Waals surface area (Å²) in [5.41, 5.74) is 7.98. The molecule has 1 unspecified atom stereocenters. The van der Waals surface area contributed by atoms with Gasteiger partial charge in [-0.15, -0.1) is 0 Å². The minimum absolute atomic E-state index is 0.767. The summed E-state index contributed by atoms with van der Waals surface area (Å²) < 4.78 is 0. The average Bonchev–Trinajstić information content (AvgIpc) is 2.33. The lowest BCUT2D eigenvalue weighted by atomic mass is 10.2. The highest BCUT2D eigenvalue weighted by Gasteiger charge is 2.13. The number of rotatable bonds is 4. The quantitative estimate of drug-likeness (QED) is 0.808. The number of hydrogen-bond donors (Lipinski definition) is 2. The molecule has 0 bridgehead atoms. The summed E-state index contributed by atoms with van der Waals surface area (Å²) in [6.07, 6.45) is 0. The maximum absolute atomic E-state index is 5.89. The predicted octanol–water partition coefficient (Wildman–Crippen LogP) is 2.21. The van der Waals surface area contributed by atoms with Crippen LogP contribution in [0.15, 0.2) is 24.3 Å². The fraction of sp³-hybridized carbons (Fsp3) is 0.500. The highest BCUT2D eigenvalue weighted by atomic mass is 32.2. The summed E-state index contributed by atoms with van der Waals surface area (Å²) in [6.45, 7) is 1.97. The Morgan fingerprint density at radius 3 is 2.94 bits per heavy atom. The number of benzene rings is 1. The number of thioether (sulfide) groups is 2. The number of para-hydroxylation sites is 1. The molecule has 4 heteroatoms. The molecule has 2 nitrogen and oxygen atoms in total. The Morgan fingerprint density at radius 2 is 2.19 bits per heavy atom. The Morgan fingerprint density at radius 1 is 1.31 bits per heavy atom. The molecule has 1 heterocycles. The topological polar surface area (TPSA) is 38.0 Å². The normalized spacial score (nSPS) is 20.9. The van der Waals surface area contributed by atoms with Gasteiger partial charge in [-0.05, 0) is 11.6 Å². The second kappa shape index (κ2) is 6.42. The molecule has 0 radical (unpaired) electrons. The molecular formula is C12H18N2S2. The van der Waals surface area contributed by atoms with Gasteiger partial charge in [0.05, 0.1) is 0 Å². The zero-order chi connectivity index (χ0) is 11.2. The third-order valence-electron chi connectivity index (χ3n) is 2.63. The minimum atomic E-state index is 0.767. The average molecular weight is 254 g/mol. The van der Waals surface area contributed by atoms with Crippen LogP contribution in [0.25, 0.3) is 0 Å². The van der Waals surface area contributed by atoms with Crippen molar-refractivity contribution >= 4 is 29.2 Å².